The SMILES string of the molecule is CC1(C)C(=O)N(CC(=O)NC(CC(=O)O)C(=O)NC2C3CC4CC(C3)CC2C4)C(=O)N1Cc1ccc(NC(=O)Nc2ccccc2)cc1. The van der Waals surface area contributed by atoms with E-state index in [2.05, 4.69) is 21.3 Å². The number of nitrogens with one attached hydrogen (secondary N) is 4. The van der Waals surface area contributed by atoms with E-state index in [1.807, 2.05) is 18.2 Å². The first-order chi connectivity index (χ1) is 22.9. The first-order valence-corrected chi connectivity index (χ1v) is 16.5. The maximum Gasteiger partial charge on any atom is 0.328 e. The summed E-state index contributed by atoms with van der Waals surface area (Å²) in [7, 11) is 0. The minimum atomic E-state index is -1.34. The van der Waals surface area contributed by atoms with E-state index in [0.717, 1.165) is 30.6 Å². The first-order valence-electron chi connectivity index (χ1n) is 16.5. The van der Waals surface area contributed by atoms with Gasteiger partial charge in [-0.3, -0.25) is 24.1 Å². The smallest absolute Gasteiger partial charge is 0.328 e. The summed E-state index contributed by atoms with van der Waals surface area (Å²) in [5, 5.41) is 20.5. The van der Waals surface area contributed by atoms with E-state index in [1.165, 1.54) is 11.3 Å². The summed E-state index contributed by atoms with van der Waals surface area (Å²) in [5.74, 6) is -1.07. The van der Waals surface area contributed by atoms with E-state index < -0.39 is 60.3 Å². The molecule has 254 valence electrons. The molecule has 0 aromatic heterocycles. The molecule has 0 spiro atoms. The Labute approximate surface area is 278 Å². The third-order valence-electron chi connectivity index (χ3n) is 10.4. The molecule has 2 aromatic carbocycles. The first kappa shape index (κ1) is 33.0. The highest BCUT2D eigenvalue weighted by Gasteiger charge is 2.52. The molecule has 1 aliphatic heterocycles. The zero-order valence-corrected chi connectivity index (χ0v) is 27.1. The fourth-order valence-electron chi connectivity index (χ4n) is 8.21. The number of carboxylic acid groups (broad SMARTS) is 1. The number of amides is 7. The van der Waals surface area contributed by atoms with E-state index in [9.17, 15) is 33.9 Å². The normalized spacial score (nSPS) is 25.8. The molecule has 5 aliphatic rings. The van der Waals surface area contributed by atoms with Gasteiger partial charge in [0.25, 0.3) is 5.91 Å². The minimum Gasteiger partial charge on any atom is -0.481 e. The third kappa shape index (κ3) is 6.99. The third-order valence-corrected chi connectivity index (χ3v) is 10.4. The van der Waals surface area contributed by atoms with Crippen molar-refractivity contribution in [2.45, 2.75) is 76.5 Å². The summed E-state index contributed by atoms with van der Waals surface area (Å²) in [6.07, 6.45) is 4.88. The molecule has 1 atom stereocenters. The van der Waals surface area contributed by atoms with Gasteiger partial charge in [-0.1, -0.05) is 30.3 Å². The summed E-state index contributed by atoms with van der Waals surface area (Å²) >= 11 is 0. The molecule has 2 aromatic rings. The average Bonchev–Trinajstić information content (AvgIpc) is 3.18. The molecule has 4 saturated carbocycles. The van der Waals surface area contributed by atoms with Crippen molar-refractivity contribution < 1.29 is 33.9 Å². The minimum absolute atomic E-state index is 0.0362. The predicted octanol–water partition coefficient (Wildman–Crippen LogP) is 3.77. The molecule has 0 radical (unpaired) electrons. The number of aliphatic carboxylic acids is 1. The lowest BCUT2D eigenvalue weighted by molar-refractivity contribution is -0.142. The molecule has 1 heterocycles. The second kappa shape index (κ2) is 13.3. The van der Waals surface area contributed by atoms with Crippen LogP contribution in [0.3, 0.4) is 0 Å². The lowest BCUT2D eigenvalue weighted by atomic mass is 9.54. The number of hydrogen-bond acceptors (Lipinski definition) is 6. The second-order valence-electron chi connectivity index (χ2n) is 14.1. The molecule has 48 heavy (non-hydrogen) atoms. The maximum absolute atomic E-state index is 13.5. The van der Waals surface area contributed by atoms with Crippen molar-refractivity contribution in [3.05, 3.63) is 60.2 Å². The molecular formula is C35H42N6O7. The Kier molecular flexibility index (Phi) is 9.13. The number of carboxylic acids is 1. The number of carbonyl (C=O) groups is 6. The number of urea groups is 2. The van der Waals surface area contributed by atoms with Crippen molar-refractivity contribution in [1.29, 1.82) is 0 Å². The van der Waals surface area contributed by atoms with E-state index in [0.29, 0.717) is 40.6 Å². The van der Waals surface area contributed by atoms with Gasteiger partial charge in [0.1, 0.15) is 18.1 Å². The Morgan fingerprint density at radius 2 is 1.44 bits per heavy atom. The van der Waals surface area contributed by atoms with Crippen molar-refractivity contribution in [2.75, 3.05) is 17.2 Å². The van der Waals surface area contributed by atoms with Gasteiger partial charge in [-0.15, -0.1) is 0 Å². The monoisotopic (exact) mass is 658 g/mol. The lowest BCUT2D eigenvalue weighted by Gasteiger charge is -2.54. The van der Waals surface area contributed by atoms with Crippen LogP contribution in [0.1, 0.15) is 57.9 Å². The molecule has 5 N–H and O–H groups in total. The van der Waals surface area contributed by atoms with Crippen molar-refractivity contribution in [2.24, 2.45) is 23.7 Å². The molecule has 1 saturated heterocycles. The van der Waals surface area contributed by atoms with Crippen LogP contribution in [-0.4, -0.2) is 74.8 Å². The molecule has 5 fully saturated rings. The van der Waals surface area contributed by atoms with Gasteiger partial charge in [-0.2, -0.15) is 0 Å². The number of hydrogen-bond donors (Lipinski definition) is 5. The summed E-state index contributed by atoms with van der Waals surface area (Å²) < 4.78 is 0. The highest BCUT2D eigenvalue weighted by atomic mass is 16.4. The lowest BCUT2D eigenvalue weighted by Crippen LogP contribution is -2.59. The van der Waals surface area contributed by atoms with Crippen molar-refractivity contribution >= 4 is 47.1 Å². The quantitative estimate of drug-likeness (QED) is 0.228. The number of para-hydroxylation sites is 1. The number of imide groups is 1. The standard InChI is InChI=1S/C35H42N6O7/c1-35(2)32(46)40(34(48)41(35)18-20-8-10-26(11-9-20)37-33(47)36-25-6-4-3-5-7-25)19-28(42)38-27(17-29(43)44)31(45)39-30-23-13-21-12-22(15-23)16-24(30)14-21/h3-11,21-24,27,30H,12-19H2,1-2H3,(H,38,42)(H,39,45)(H,43,44)(H2,36,37,47). The highest BCUT2D eigenvalue weighted by Crippen LogP contribution is 2.53. The Morgan fingerprint density at radius 3 is 2.02 bits per heavy atom. The van der Waals surface area contributed by atoms with Gasteiger partial charge >= 0.3 is 18.0 Å². The van der Waals surface area contributed by atoms with Gasteiger partial charge in [0.15, 0.2) is 0 Å². The Balaban J connectivity index is 1.05. The van der Waals surface area contributed by atoms with Crippen molar-refractivity contribution in [3.8, 4) is 0 Å². The number of anilines is 2. The van der Waals surface area contributed by atoms with Crippen LogP contribution < -0.4 is 21.3 Å². The molecule has 4 aliphatic carbocycles. The van der Waals surface area contributed by atoms with Crippen LogP contribution in [0, 0.1) is 23.7 Å². The van der Waals surface area contributed by atoms with E-state index >= 15 is 0 Å². The zero-order valence-electron chi connectivity index (χ0n) is 27.1. The van der Waals surface area contributed by atoms with Crippen LogP contribution in [0.5, 0.6) is 0 Å². The van der Waals surface area contributed by atoms with Gasteiger partial charge in [0.2, 0.25) is 11.8 Å². The average molecular weight is 659 g/mol. The van der Waals surface area contributed by atoms with E-state index in [1.54, 1.807) is 50.2 Å². The number of carbonyl (C=O) groups excluding carboxylic acids is 5. The van der Waals surface area contributed by atoms with E-state index in [-0.39, 0.29) is 12.6 Å². The van der Waals surface area contributed by atoms with Crippen LogP contribution >= 0.6 is 0 Å². The maximum atomic E-state index is 13.5. The molecule has 13 heteroatoms. The van der Waals surface area contributed by atoms with Gasteiger partial charge in [-0.05, 0) is 99.5 Å². The van der Waals surface area contributed by atoms with Crippen LogP contribution in [0.25, 0.3) is 0 Å². The van der Waals surface area contributed by atoms with Crippen molar-refractivity contribution in [1.82, 2.24) is 20.4 Å². The van der Waals surface area contributed by atoms with Gasteiger partial charge < -0.3 is 31.3 Å². The highest BCUT2D eigenvalue weighted by molar-refractivity contribution is 6.08. The topological polar surface area (TPSA) is 177 Å². The largest absolute Gasteiger partial charge is 0.481 e. The molecule has 7 amide bonds. The van der Waals surface area contributed by atoms with Crippen molar-refractivity contribution in [3.63, 3.8) is 0 Å². The van der Waals surface area contributed by atoms with Crippen LogP contribution in [0.2, 0.25) is 0 Å². The zero-order chi connectivity index (χ0) is 34.2. The van der Waals surface area contributed by atoms with Gasteiger partial charge in [-0.25, -0.2) is 9.59 Å². The van der Waals surface area contributed by atoms with E-state index in [4.69, 9.17) is 0 Å². The van der Waals surface area contributed by atoms with Crippen LogP contribution in [0.4, 0.5) is 21.0 Å². The summed E-state index contributed by atoms with van der Waals surface area (Å²) in [5.41, 5.74) is 0.577. The number of nitrogens with zero attached hydrogens (tertiary/aromatic N) is 2. The molecule has 13 nitrogen and oxygen atoms in total. The van der Waals surface area contributed by atoms with Crippen LogP contribution in [0.15, 0.2) is 54.6 Å². The molecule has 1 unspecified atom stereocenters. The number of benzene rings is 2. The summed E-state index contributed by atoms with van der Waals surface area (Å²) in [6.45, 7) is 2.57. The molecule has 4 bridgehead atoms. The predicted molar refractivity (Wildman–Crippen MR) is 175 cm³/mol. The number of rotatable bonds is 11. The van der Waals surface area contributed by atoms with Gasteiger partial charge in [0, 0.05) is 24.0 Å². The van der Waals surface area contributed by atoms with Crippen LogP contribution in [-0.2, 0) is 25.7 Å². The molecular weight excluding hydrogens is 616 g/mol. The Bertz CT molecular complexity index is 1570. The fourth-order valence-corrected chi connectivity index (χ4v) is 8.21. The molecule has 7 rings (SSSR count). The van der Waals surface area contributed by atoms with Gasteiger partial charge in [0.05, 0.1) is 6.42 Å². The Morgan fingerprint density at radius 1 is 0.854 bits per heavy atom. The summed E-state index contributed by atoms with van der Waals surface area (Å²) in [4.78, 5) is 79.5. The second-order valence-corrected chi connectivity index (χ2v) is 14.1. The summed E-state index contributed by atoms with van der Waals surface area (Å²) in [6, 6.07) is 13.3. The fraction of sp³-hybridized carbons (Fsp3) is 0.486. The Hall–Kier alpha value is -4.94.